The standard InChI is InChI=1S/C21H20FN3O7S/c1-10-16(31-21(29)30-10)9-23-3-5-24(6-4-23)15-8-14-12(7-13(15)22)17(26)18(32-20(27)28)19-25(14)11(2)33-19/h7-8,11H,3-6,9H2,1-2H3,(H,27,28). The van der Waals surface area contributed by atoms with Crippen molar-refractivity contribution in [3.63, 3.8) is 0 Å². The first kappa shape index (κ1) is 21.6. The van der Waals surface area contributed by atoms with Gasteiger partial charge in [-0.1, -0.05) is 11.8 Å². The van der Waals surface area contributed by atoms with Gasteiger partial charge in [0.1, 0.15) is 16.6 Å². The number of piperazine rings is 1. The molecule has 33 heavy (non-hydrogen) atoms. The second kappa shape index (κ2) is 7.96. The fourth-order valence-electron chi connectivity index (χ4n) is 4.30. The van der Waals surface area contributed by atoms with Crippen molar-refractivity contribution in [3.05, 3.63) is 50.3 Å². The highest BCUT2D eigenvalue weighted by Gasteiger charge is 2.33. The van der Waals surface area contributed by atoms with Crippen LogP contribution in [0.2, 0.25) is 0 Å². The van der Waals surface area contributed by atoms with E-state index in [1.54, 1.807) is 17.6 Å². The summed E-state index contributed by atoms with van der Waals surface area (Å²) in [7, 11) is 0. The summed E-state index contributed by atoms with van der Waals surface area (Å²) >= 11 is 1.32. The molecule has 1 fully saturated rings. The van der Waals surface area contributed by atoms with E-state index in [1.165, 1.54) is 11.8 Å². The molecule has 4 heterocycles. The van der Waals surface area contributed by atoms with Crippen LogP contribution in [0.15, 0.2) is 35.6 Å². The predicted octanol–water partition coefficient (Wildman–Crippen LogP) is 3.00. The van der Waals surface area contributed by atoms with E-state index in [0.29, 0.717) is 60.5 Å². The molecule has 1 atom stereocenters. The minimum atomic E-state index is -1.59. The van der Waals surface area contributed by atoms with Gasteiger partial charge in [-0.25, -0.2) is 14.0 Å². The van der Waals surface area contributed by atoms with Crippen molar-refractivity contribution < 1.29 is 27.9 Å². The monoisotopic (exact) mass is 477 g/mol. The Morgan fingerprint density at radius 3 is 2.58 bits per heavy atom. The molecule has 2 aliphatic heterocycles. The molecule has 12 heteroatoms. The number of hydrogen-bond acceptors (Lipinski definition) is 9. The van der Waals surface area contributed by atoms with Crippen LogP contribution in [0.25, 0.3) is 10.9 Å². The molecular weight excluding hydrogens is 457 g/mol. The van der Waals surface area contributed by atoms with E-state index < -0.39 is 23.2 Å². The molecule has 5 rings (SSSR count). The van der Waals surface area contributed by atoms with Crippen molar-refractivity contribution in [1.82, 2.24) is 9.47 Å². The molecule has 1 unspecified atom stereocenters. The van der Waals surface area contributed by atoms with Crippen LogP contribution >= 0.6 is 11.8 Å². The van der Waals surface area contributed by atoms with Crippen molar-refractivity contribution in [2.75, 3.05) is 31.1 Å². The van der Waals surface area contributed by atoms with E-state index in [-0.39, 0.29) is 16.5 Å². The number of benzene rings is 1. The van der Waals surface area contributed by atoms with Crippen LogP contribution in [0, 0.1) is 12.7 Å². The van der Waals surface area contributed by atoms with Crippen LogP contribution in [0.3, 0.4) is 0 Å². The maximum Gasteiger partial charge on any atom is 0.519 e. The topological polar surface area (TPSA) is 118 Å². The van der Waals surface area contributed by atoms with Gasteiger partial charge in [0.25, 0.3) is 0 Å². The Bertz CT molecular complexity index is 1390. The van der Waals surface area contributed by atoms with Crippen LogP contribution < -0.4 is 20.9 Å². The Morgan fingerprint density at radius 1 is 1.24 bits per heavy atom. The van der Waals surface area contributed by atoms with Crippen molar-refractivity contribution in [2.24, 2.45) is 0 Å². The zero-order chi connectivity index (χ0) is 23.4. The first-order valence-electron chi connectivity index (χ1n) is 10.3. The van der Waals surface area contributed by atoms with Gasteiger partial charge >= 0.3 is 12.0 Å². The third kappa shape index (κ3) is 3.68. The molecule has 0 radical (unpaired) electrons. The third-order valence-electron chi connectivity index (χ3n) is 5.94. The first-order chi connectivity index (χ1) is 15.7. The van der Waals surface area contributed by atoms with Crippen LogP contribution in [0.1, 0.15) is 23.8 Å². The number of aryl methyl sites for hydroxylation is 1. The highest BCUT2D eigenvalue weighted by Crippen LogP contribution is 2.49. The van der Waals surface area contributed by atoms with E-state index in [1.807, 2.05) is 11.8 Å². The van der Waals surface area contributed by atoms with E-state index in [9.17, 15) is 14.4 Å². The summed E-state index contributed by atoms with van der Waals surface area (Å²) in [5, 5.41) is 9.42. The minimum Gasteiger partial charge on any atom is -0.449 e. The number of rotatable bonds is 4. The zero-order valence-corrected chi connectivity index (χ0v) is 18.6. The van der Waals surface area contributed by atoms with Crippen molar-refractivity contribution >= 4 is 34.5 Å². The summed E-state index contributed by atoms with van der Waals surface area (Å²) in [6.45, 7) is 6.30. The Morgan fingerprint density at radius 2 is 1.97 bits per heavy atom. The van der Waals surface area contributed by atoms with E-state index in [2.05, 4.69) is 4.90 Å². The molecule has 174 valence electrons. The van der Waals surface area contributed by atoms with Crippen LogP contribution in [0.5, 0.6) is 5.75 Å². The predicted molar refractivity (Wildman–Crippen MR) is 117 cm³/mol. The average Bonchev–Trinajstić information content (AvgIpc) is 3.07. The van der Waals surface area contributed by atoms with Gasteiger partial charge in [-0.05, 0) is 26.0 Å². The number of fused-ring (bicyclic) bond motifs is 3. The fourth-order valence-corrected chi connectivity index (χ4v) is 5.39. The third-order valence-corrected chi connectivity index (χ3v) is 7.10. The zero-order valence-electron chi connectivity index (χ0n) is 17.8. The maximum atomic E-state index is 15.1. The lowest BCUT2D eigenvalue weighted by atomic mass is 10.1. The summed E-state index contributed by atoms with van der Waals surface area (Å²) in [6, 6.07) is 2.80. The van der Waals surface area contributed by atoms with Gasteiger partial charge in [-0.2, -0.15) is 0 Å². The van der Waals surface area contributed by atoms with Gasteiger partial charge in [0, 0.05) is 26.2 Å². The molecule has 3 aromatic rings. The van der Waals surface area contributed by atoms with E-state index in [4.69, 9.17) is 18.7 Å². The molecule has 0 spiro atoms. The normalized spacial score (nSPS) is 18.3. The number of hydrogen-bond donors (Lipinski definition) is 1. The quantitative estimate of drug-likeness (QED) is 0.562. The average molecular weight is 477 g/mol. The molecular formula is C21H20FN3O7S. The Hall–Kier alpha value is -3.25. The molecule has 0 aliphatic carbocycles. The van der Waals surface area contributed by atoms with Gasteiger partial charge in [0.05, 0.1) is 28.5 Å². The smallest absolute Gasteiger partial charge is 0.449 e. The molecule has 1 N–H and O–H groups in total. The number of carboxylic acid groups (broad SMARTS) is 1. The summed E-state index contributed by atoms with van der Waals surface area (Å²) < 4.78 is 31.6. The Labute approximate surface area is 190 Å². The Balaban J connectivity index is 1.43. The van der Waals surface area contributed by atoms with Crippen molar-refractivity contribution in [3.8, 4) is 5.75 Å². The summed E-state index contributed by atoms with van der Waals surface area (Å²) in [5.74, 6) is -0.652. The highest BCUT2D eigenvalue weighted by molar-refractivity contribution is 8.00. The van der Waals surface area contributed by atoms with E-state index >= 15 is 4.39 Å². The lowest BCUT2D eigenvalue weighted by Crippen LogP contribution is -2.46. The van der Waals surface area contributed by atoms with Gasteiger partial charge in [0.2, 0.25) is 11.2 Å². The molecule has 1 saturated heterocycles. The van der Waals surface area contributed by atoms with Gasteiger partial charge in [-0.15, -0.1) is 0 Å². The minimum absolute atomic E-state index is 0.0535. The largest absolute Gasteiger partial charge is 0.519 e. The summed E-state index contributed by atoms with van der Waals surface area (Å²) in [5.41, 5.74) is 0.261. The Kier molecular flexibility index (Phi) is 5.20. The number of nitrogens with zero attached hydrogens (tertiary/aromatic N) is 3. The fraction of sp³-hybridized carbons (Fsp3) is 0.381. The number of anilines is 1. The number of pyridine rings is 1. The number of carbonyl (C=O) groups is 1. The first-order valence-corrected chi connectivity index (χ1v) is 11.2. The molecule has 2 aromatic heterocycles. The number of ether oxygens (including phenoxy) is 1. The van der Waals surface area contributed by atoms with Crippen LogP contribution in [-0.2, 0) is 6.54 Å². The molecule has 2 aliphatic rings. The number of aromatic nitrogens is 1. The molecule has 1 aromatic carbocycles. The molecule has 0 bridgehead atoms. The van der Waals surface area contributed by atoms with Crippen molar-refractivity contribution in [2.45, 2.75) is 30.8 Å². The molecule has 0 saturated carbocycles. The summed E-state index contributed by atoms with van der Waals surface area (Å²) in [6.07, 6.45) is -1.59. The lowest BCUT2D eigenvalue weighted by Gasteiger charge is -2.37. The second-order valence-electron chi connectivity index (χ2n) is 7.94. The van der Waals surface area contributed by atoms with Gasteiger partial charge in [0.15, 0.2) is 5.76 Å². The second-order valence-corrected chi connectivity index (χ2v) is 9.24. The highest BCUT2D eigenvalue weighted by atomic mass is 32.2. The lowest BCUT2D eigenvalue weighted by molar-refractivity contribution is 0.142. The van der Waals surface area contributed by atoms with Gasteiger partial charge in [-0.3, -0.25) is 9.69 Å². The van der Waals surface area contributed by atoms with E-state index in [0.717, 1.165) is 6.07 Å². The van der Waals surface area contributed by atoms with Gasteiger partial charge < -0.3 is 28.1 Å². The molecule has 10 nitrogen and oxygen atoms in total. The summed E-state index contributed by atoms with van der Waals surface area (Å²) in [4.78, 5) is 39.1. The SMILES string of the molecule is Cc1oc(=O)oc1CN1CCN(c2cc3c(cc2F)c(=O)c(OC(=O)O)c2n3C(C)S2)CC1. The van der Waals surface area contributed by atoms with Crippen molar-refractivity contribution in [1.29, 1.82) is 0 Å². The van der Waals surface area contributed by atoms with Crippen LogP contribution in [0.4, 0.5) is 14.9 Å². The van der Waals surface area contributed by atoms with Crippen LogP contribution in [-0.4, -0.2) is 46.9 Å². The molecule has 0 amide bonds. The maximum absolute atomic E-state index is 15.1. The number of thioether (sulfide) groups is 1. The number of halogens is 1.